The Labute approximate surface area is 138 Å². The molecule has 0 aliphatic carbocycles. The molecule has 120 valence electrons. The predicted octanol–water partition coefficient (Wildman–Crippen LogP) is 3.25. The maximum atomic E-state index is 11.8. The minimum absolute atomic E-state index is 0.0715. The summed E-state index contributed by atoms with van der Waals surface area (Å²) in [6, 6.07) is 11.6. The van der Waals surface area contributed by atoms with Crippen LogP contribution in [0.15, 0.2) is 42.5 Å². The second-order valence-corrected chi connectivity index (χ2v) is 5.36. The summed E-state index contributed by atoms with van der Waals surface area (Å²) in [5.74, 6) is -0.294. The number of nitrogens with zero attached hydrogens (tertiary/aromatic N) is 1. The van der Waals surface area contributed by atoms with Crippen molar-refractivity contribution in [3.05, 3.63) is 68.7 Å². The van der Waals surface area contributed by atoms with Gasteiger partial charge in [-0.1, -0.05) is 29.8 Å². The highest BCUT2D eigenvalue weighted by Crippen LogP contribution is 2.27. The maximum Gasteiger partial charge on any atom is 0.311 e. The lowest BCUT2D eigenvalue weighted by Crippen LogP contribution is -2.28. The van der Waals surface area contributed by atoms with Gasteiger partial charge >= 0.3 is 5.69 Å². The highest BCUT2D eigenvalue weighted by atomic mass is 35.5. The fraction of sp³-hybridized carbons (Fsp3) is 0.188. The highest BCUT2D eigenvalue weighted by molar-refractivity contribution is 6.30. The van der Waals surface area contributed by atoms with Gasteiger partial charge < -0.3 is 10.1 Å². The molecule has 0 aliphatic heterocycles. The molecule has 0 fully saturated rings. The number of carbonyl (C=O) groups excluding carboxylic acids is 1. The summed E-state index contributed by atoms with van der Waals surface area (Å²) >= 11 is 5.78. The van der Waals surface area contributed by atoms with Gasteiger partial charge in [-0.05, 0) is 36.2 Å². The molecule has 0 aromatic heterocycles. The maximum absolute atomic E-state index is 11.8. The van der Waals surface area contributed by atoms with Crippen LogP contribution in [-0.4, -0.2) is 17.4 Å². The van der Waals surface area contributed by atoms with Crippen molar-refractivity contribution in [2.45, 2.75) is 13.5 Å². The minimum Gasteiger partial charge on any atom is -0.477 e. The number of hydrogen-bond acceptors (Lipinski definition) is 4. The number of ether oxygens (including phenoxy) is 1. The molecule has 0 bridgehead atoms. The molecule has 0 unspecified atom stereocenters. The number of nitrogens with one attached hydrogen (secondary N) is 1. The van der Waals surface area contributed by atoms with Crippen molar-refractivity contribution in [2.75, 3.05) is 6.61 Å². The van der Waals surface area contributed by atoms with E-state index in [2.05, 4.69) is 5.32 Å². The lowest BCUT2D eigenvalue weighted by atomic mass is 10.2. The second kappa shape index (κ2) is 7.60. The van der Waals surface area contributed by atoms with Gasteiger partial charge in [0.1, 0.15) is 0 Å². The minimum atomic E-state index is -0.534. The molecule has 23 heavy (non-hydrogen) atoms. The zero-order valence-electron chi connectivity index (χ0n) is 12.4. The summed E-state index contributed by atoms with van der Waals surface area (Å²) in [5, 5.41) is 14.3. The number of nitro groups is 1. The Morgan fingerprint density at radius 3 is 2.61 bits per heavy atom. The number of amides is 1. The smallest absolute Gasteiger partial charge is 0.311 e. The molecule has 1 amide bonds. The number of benzene rings is 2. The van der Waals surface area contributed by atoms with Crippen LogP contribution in [0.25, 0.3) is 0 Å². The van der Waals surface area contributed by atoms with E-state index in [1.165, 1.54) is 12.1 Å². The molecule has 0 heterocycles. The number of nitro benzene ring substituents is 1. The molecule has 1 N–H and O–H groups in total. The van der Waals surface area contributed by atoms with Gasteiger partial charge in [-0.15, -0.1) is 0 Å². The molecule has 0 radical (unpaired) electrons. The zero-order chi connectivity index (χ0) is 16.8. The van der Waals surface area contributed by atoms with E-state index < -0.39 is 4.92 Å². The first kappa shape index (κ1) is 16.8. The number of rotatable bonds is 6. The topological polar surface area (TPSA) is 81.5 Å². The van der Waals surface area contributed by atoms with Gasteiger partial charge in [-0.2, -0.15) is 0 Å². The molecule has 2 aromatic carbocycles. The third kappa shape index (κ3) is 4.96. The Balaban J connectivity index is 1.89. The summed E-state index contributed by atoms with van der Waals surface area (Å²) < 4.78 is 5.25. The summed E-state index contributed by atoms with van der Waals surface area (Å²) in [6.45, 7) is 1.78. The summed E-state index contributed by atoms with van der Waals surface area (Å²) in [5.41, 5.74) is 1.48. The van der Waals surface area contributed by atoms with E-state index in [1.807, 2.05) is 0 Å². The van der Waals surface area contributed by atoms with Crippen molar-refractivity contribution in [3.8, 4) is 5.75 Å². The van der Waals surface area contributed by atoms with Crippen molar-refractivity contribution in [3.63, 3.8) is 0 Å². The summed E-state index contributed by atoms with van der Waals surface area (Å²) in [6.07, 6.45) is 0. The predicted molar refractivity (Wildman–Crippen MR) is 86.6 cm³/mol. The average Bonchev–Trinajstić information content (AvgIpc) is 2.53. The number of aryl methyl sites for hydroxylation is 1. The van der Waals surface area contributed by atoms with Crippen molar-refractivity contribution in [2.24, 2.45) is 0 Å². The monoisotopic (exact) mass is 334 g/mol. The number of halogens is 1. The largest absolute Gasteiger partial charge is 0.477 e. The number of hydrogen-bond donors (Lipinski definition) is 1. The Bertz CT molecular complexity index is 717. The Hall–Kier alpha value is -2.60. The molecule has 0 spiro atoms. The van der Waals surface area contributed by atoms with Gasteiger partial charge in [0.05, 0.1) is 4.92 Å². The van der Waals surface area contributed by atoms with Gasteiger partial charge in [0.25, 0.3) is 5.91 Å². The fourth-order valence-corrected chi connectivity index (χ4v) is 2.02. The quantitative estimate of drug-likeness (QED) is 0.649. The van der Waals surface area contributed by atoms with Gasteiger partial charge in [0, 0.05) is 17.6 Å². The van der Waals surface area contributed by atoms with Crippen molar-refractivity contribution >= 4 is 23.2 Å². The van der Waals surface area contributed by atoms with Crippen molar-refractivity contribution in [1.29, 1.82) is 0 Å². The molecule has 0 aliphatic rings. The second-order valence-electron chi connectivity index (χ2n) is 4.92. The van der Waals surface area contributed by atoms with Crippen LogP contribution in [0.3, 0.4) is 0 Å². The molecule has 0 saturated carbocycles. The van der Waals surface area contributed by atoms with Gasteiger partial charge in [0.2, 0.25) is 0 Å². The van der Waals surface area contributed by atoms with Crippen molar-refractivity contribution in [1.82, 2.24) is 5.32 Å². The standard InChI is InChI=1S/C16H15ClN2O4/c1-11-2-7-15(14(8-11)19(21)22)23-10-16(20)18-9-12-3-5-13(17)6-4-12/h2-8H,9-10H2,1H3,(H,18,20). The first-order valence-corrected chi connectivity index (χ1v) is 7.22. The summed E-state index contributed by atoms with van der Waals surface area (Å²) in [7, 11) is 0. The SMILES string of the molecule is Cc1ccc(OCC(=O)NCc2ccc(Cl)cc2)c([N+](=O)[O-])c1. The Morgan fingerprint density at radius 2 is 1.96 bits per heavy atom. The zero-order valence-corrected chi connectivity index (χ0v) is 13.2. The van der Waals surface area contributed by atoms with E-state index in [-0.39, 0.29) is 24.0 Å². The van der Waals surface area contributed by atoms with Crippen LogP contribution in [0.1, 0.15) is 11.1 Å². The molecular weight excluding hydrogens is 320 g/mol. The van der Waals surface area contributed by atoms with Crippen LogP contribution in [0.5, 0.6) is 5.75 Å². The summed E-state index contributed by atoms with van der Waals surface area (Å²) in [4.78, 5) is 22.2. The third-order valence-corrected chi connectivity index (χ3v) is 3.32. The average molecular weight is 335 g/mol. The van der Waals surface area contributed by atoms with Crippen LogP contribution < -0.4 is 10.1 Å². The number of carbonyl (C=O) groups is 1. The van der Waals surface area contributed by atoms with Crippen LogP contribution in [-0.2, 0) is 11.3 Å². The molecule has 7 heteroatoms. The van der Waals surface area contributed by atoms with E-state index in [4.69, 9.17) is 16.3 Å². The van der Waals surface area contributed by atoms with Crippen LogP contribution in [0.4, 0.5) is 5.69 Å². The first-order valence-electron chi connectivity index (χ1n) is 6.84. The third-order valence-electron chi connectivity index (χ3n) is 3.07. The van der Waals surface area contributed by atoms with Crippen LogP contribution >= 0.6 is 11.6 Å². The van der Waals surface area contributed by atoms with E-state index in [0.717, 1.165) is 11.1 Å². The van der Waals surface area contributed by atoms with Crippen LogP contribution in [0, 0.1) is 17.0 Å². The molecule has 2 rings (SSSR count). The van der Waals surface area contributed by atoms with Gasteiger partial charge in [-0.25, -0.2) is 0 Å². The highest BCUT2D eigenvalue weighted by Gasteiger charge is 2.16. The Morgan fingerprint density at radius 1 is 1.26 bits per heavy atom. The Kier molecular flexibility index (Phi) is 5.54. The fourth-order valence-electron chi connectivity index (χ4n) is 1.89. The lowest BCUT2D eigenvalue weighted by Gasteiger charge is -2.08. The van der Waals surface area contributed by atoms with E-state index in [0.29, 0.717) is 11.6 Å². The van der Waals surface area contributed by atoms with Gasteiger partial charge in [0.15, 0.2) is 12.4 Å². The molecule has 0 saturated heterocycles. The van der Waals surface area contributed by atoms with Gasteiger partial charge in [-0.3, -0.25) is 14.9 Å². The normalized spacial score (nSPS) is 10.2. The molecule has 6 nitrogen and oxygen atoms in total. The first-order chi connectivity index (χ1) is 11.0. The molecular formula is C16H15ClN2O4. The van der Waals surface area contributed by atoms with Crippen molar-refractivity contribution < 1.29 is 14.5 Å². The van der Waals surface area contributed by atoms with Crippen LogP contribution in [0.2, 0.25) is 5.02 Å². The molecule has 2 aromatic rings. The lowest BCUT2D eigenvalue weighted by molar-refractivity contribution is -0.385. The van der Waals surface area contributed by atoms with E-state index in [9.17, 15) is 14.9 Å². The van der Waals surface area contributed by atoms with E-state index in [1.54, 1.807) is 37.3 Å². The molecule has 0 atom stereocenters. The van der Waals surface area contributed by atoms with E-state index >= 15 is 0 Å².